The van der Waals surface area contributed by atoms with Crippen LogP contribution in [-0.2, 0) is 14.3 Å². The SMILES string of the molecule is CCOC(=O)c1ccc(NC(=O)Nc2ccc(C3NC(=S)N(C)C(C)=C3C(=O)OC(C)C)cc2)cc1. The van der Waals surface area contributed by atoms with Crippen LogP contribution in [0.1, 0.15) is 49.7 Å². The largest absolute Gasteiger partial charge is 0.462 e. The van der Waals surface area contributed by atoms with E-state index < -0.39 is 24.0 Å². The third kappa shape index (κ3) is 6.39. The van der Waals surface area contributed by atoms with Crippen molar-refractivity contribution in [1.82, 2.24) is 10.2 Å². The molecule has 1 heterocycles. The third-order valence-corrected chi connectivity index (χ3v) is 5.86. The van der Waals surface area contributed by atoms with Gasteiger partial charge in [0.05, 0.1) is 29.9 Å². The Balaban J connectivity index is 1.70. The molecule has 1 atom stereocenters. The fourth-order valence-corrected chi connectivity index (χ4v) is 3.84. The lowest BCUT2D eigenvalue weighted by atomic mass is 9.95. The lowest BCUT2D eigenvalue weighted by Gasteiger charge is -2.35. The van der Waals surface area contributed by atoms with Crippen LogP contribution in [0, 0.1) is 0 Å². The summed E-state index contributed by atoms with van der Waals surface area (Å²) in [7, 11) is 1.79. The summed E-state index contributed by atoms with van der Waals surface area (Å²) in [4.78, 5) is 38.8. The molecule has 0 saturated heterocycles. The molecule has 2 aromatic rings. The number of anilines is 2. The van der Waals surface area contributed by atoms with Gasteiger partial charge in [0.1, 0.15) is 0 Å². The van der Waals surface area contributed by atoms with Crippen LogP contribution < -0.4 is 16.0 Å². The Labute approximate surface area is 215 Å². The maximum absolute atomic E-state index is 12.9. The highest BCUT2D eigenvalue weighted by Gasteiger charge is 2.33. The maximum atomic E-state index is 12.9. The summed E-state index contributed by atoms with van der Waals surface area (Å²) in [5.41, 5.74) is 3.47. The van der Waals surface area contributed by atoms with Crippen LogP contribution in [0.3, 0.4) is 0 Å². The Kier molecular flexibility index (Phi) is 8.65. The van der Waals surface area contributed by atoms with Crippen molar-refractivity contribution in [3.63, 3.8) is 0 Å². The zero-order valence-electron chi connectivity index (χ0n) is 20.9. The highest BCUT2D eigenvalue weighted by molar-refractivity contribution is 7.80. The van der Waals surface area contributed by atoms with Crippen molar-refractivity contribution in [2.45, 2.75) is 39.8 Å². The van der Waals surface area contributed by atoms with Gasteiger partial charge in [0.25, 0.3) is 0 Å². The number of nitrogens with one attached hydrogen (secondary N) is 3. The summed E-state index contributed by atoms with van der Waals surface area (Å²) < 4.78 is 10.4. The van der Waals surface area contributed by atoms with E-state index in [2.05, 4.69) is 16.0 Å². The first-order chi connectivity index (χ1) is 17.1. The van der Waals surface area contributed by atoms with Crippen LogP contribution in [-0.4, -0.2) is 47.7 Å². The lowest BCUT2D eigenvalue weighted by Crippen LogP contribution is -2.46. The second-order valence-corrected chi connectivity index (χ2v) is 8.78. The number of allylic oxidation sites excluding steroid dienone is 1. The molecule has 2 amide bonds. The van der Waals surface area contributed by atoms with Crippen LogP contribution in [0.2, 0.25) is 0 Å². The minimum absolute atomic E-state index is 0.260. The molecule has 1 aliphatic heterocycles. The fraction of sp³-hybridized carbons (Fsp3) is 0.308. The van der Waals surface area contributed by atoms with E-state index in [4.69, 9.17) is 21.7 Å². The minimum Gasteiger partial charge on any atom is -0.462 e. The summed E-state index contributed by atoms with van der Waals surface area (Å²) in [6.45, 7) is 7.46. The Morgan fingerprint density at radius 2 is 1.56 bits per heavy atom. The molecule has 9 nitrogen and oxygen atoms in total. The van der Waals surface area contributed by atoms with E-state index in [-0.39, 0.29) is 6.10 Å². The molecule has 3 rings (SSSR count). The van der Waals surface area contributed by atoms with E-state index in [1.165, 1.54) is 0 Å². The highest BCUT2D eigenvalue weighted by Crippen LogP contribution is 2.31. The average Bonchev–Trinajstić information content (AvgIpc) is 2.83. The van der Waals surface area contributed by atoms with E-state index in [9.17, 15) is 14.4 Å². The standard InChI is InChI=1S/C26H30N4O5S/c1-6-34-23(31)18-9-13-20(14-10-18)28-25(33)27-19-11-7-17(8-12-19)22-21(24(32)35-15(2)3)16(4)30(5)26(36)29-22/h7-15,22H,6H2,1-5H3,(H,29,36)(H2,27,28,33). The molecule has 190 valence electrons. The van der Waals surface area contributed by atoms with E-state index >= 15 is 0 Å². The number of nitrogens with zero attached hydrogens (tertiary/aromatic N) is 1. The smallest absolute Gasteiger partial charge is 0.338 e. The third-order valence-electron chi connectivity index (χ3n) is 5.47. The van der Waals surface area contributed by atoms with Gasteiger partial charge in [-0.05, 0) is 81.9 Å². The van der Waals surface area contributed by atoms with Crippen molar-refractivity contribution in [3.05, 3.63) is 70.9 Å². The van der Waals surface area contributed by atoms with Crippen LogP contribution in [0.4, 0.5) is 16.2 Å². The lowest BCUT2D eigenvalue weighted by molar-refractivity contribution is -0.143. The Morgan fingerprint density at radius 1 is 1.00 bits per heavy atom. The van der Waals surface area contributed by atoms with Gasteiger partial charge in [0.15, 0.2) is 5.11 Å². The first kappa shape index (κ1) is 26.7. The summed E-state index contributed by atoms with van der Waals surface area (Å²) in [6.07, 6.45) is -0.260. The van der Waals surface area contributed by atoms with Crippen molar-refractivity contribution in [2.75, 3.05) is 24.3 Å². The van der Waals surface area contributed by atoms with E-state index in [1.54, 1.807) is 69.1 Å². The number of hydrogen-bond donors (Lipinski definition) is 3. The molecule has 0 fully saturated rings. The van der Waals surface area contributed by atoms with Crippen LogP contribution in [0.5, 0.6) is 0 Å². The van der Waals surface area contributed by atoms with E-state index in [0.29, 0.717) is 39.9 Å². The average molecular weight is 511 g/mol. The molecule has 0 aliphatic carbocycles. The van der Waals surface area contributed by atoms with Gasteiger partial charge >= 0.3 is 18.0 Å². The van der Waals surface area contributed by atoms with Crippen molar-refractivity contribution in [2.24, 2.45) is 0 Å². The molecule has 0 aromatic heterocycles. The Bertz CT molecular complexity index is 1180. The monoisotopic (exact) mass is 510 g/mol. The second-order valence-electron chi connectivity index (χ2n) is 8.39. The Hall–Kier alpha value is -3.92. The first-order valence-electron chi connectivity index (χ1n) is 11.5. The zero-order chi connectivity index (χ0) is 26.4. The molecule has 0 saturated carbocycles. The zero-order valence-corrected chi connectivity index (χ0v) is 21.7. The predicted molar refractivity (Wildman–Crippen MR) is 142 cm³/mol. The van der Waals surface area contributed by atoms with Crippen LogP contribution in [0.15, 0.2) is 59.8 Å². The number of hydrogen-bond acceptors (Lipinski definition) is 6. The molecule has 36 heavy (non-hydrogen) atoms. The number of benzene rings is 2. The van der Waals surface area contributed by atoms with Gasteiger partial charge in [-0.25, -0.2) is 14.4 Å². The molecule has 2 aromatic carbocycles. The van der Waals surface area contributed by atoms with Crippen molar-refractivity contribution >= 4 is 46.7 Å². The number of carbonyl (C=O) groups excluding carboxylic acids is 3. The summed E-state index contributed by atoms with van der Waals surface area (Å²) in [5.74, 6) is -0.830. The summed E-state index contributed by atoms with van der Waals surface area (Å²) >= 11 is 5.43. The fourth-order valence-electron chi connectivity index (χ4n) is 3.58. The van der Waals surface area contributed by atoms with Gasteiger partial charge in [-0.2, -0.15) is 0 Å². The van der Waals surface area contributed by atoms with Crippen molar-refractivity contribution in [3.8, 4) is 0 Å². The van der Waals surface area contributed by atoms with Gasteiger partial charge in [-0.1, -0.05) is 12.1 Å². The molecule has 10 heteroatoms. The Morgan fingerprint density at radius 3 is 2.08 bits per heavy atom. The van der Waals surface area contributed by atoms with Gasteiger partial charge in [0.2, 0.25) is 0 Å². The highest BCUT2D eigenvalue weighted by atomic mass is 32.1. The molecular weight excluding hydrogens is 480 g/mol. The van der Waals surface area contributed by atoms with Gasteiger partial charge < -0.3 is 30.3 Å². The molecule has 1 unspecified atom stereocenters. The predicted octanol–water partition coefficient (Wildman–Crippen LogP) is 4.59. The normalized spacial score (nSPS) is 15.3. The van der Waals surface area contributed by atoms with Crippen LogP contribution in [0.25, 0.3) is 0 Å². The minimum atomic E-state index is -0.485. The number of amides is 2. The molecule has 0 radical (unpaired) electrons. The summed E-state index contributed by atoms with van der Waals surface area (Å²) in [6, 6.07) is 12.6. The number of thiocarbonyl (C=S) groups is 1. The number of urea groups is 1. The maximum Gasteiger partial charge on any atom is 0.338 e. The van der Waals surface area contributed by atoms with Gasteiger partial charge in [0, 0.05) is 24.1 Å². The number of rotatable bonds is 7. The van der Waals surface area contributed by atoms with Crippen LogP contribution >= 0.6 is 12.2 Å². The molecule has 0 spiro atoms. The molecule has 1 aliphatic rings. The van der Waals surface area contributed by atoms with Crippen molar-refractivity contribution < 1.29 is 23.9 Å². The number of carbonyl (C=O) groups is 3. The quantitative estimate of drug-likeness (QED) is 0.367. The first-order valence-corrected chi connectivity index (χ1v) is 11.9. The molecule has 3 N–H and O–H groups in total. The molecule has 0 bridgehead atoms. The van der Waals surface area contributed by atoms with E-state index in [1.807, 2.05) is 19.1 Å². The van der Waals surface area contributed by atoms with Gasteiger partial charge in [-0.3, -0.25) is 0 Å². The number of esters is 2. The summed E-state index contributed by atoms with van der Waals surface area (Å²) in [5, 5.41) is 9.17. The second kappa shape index (κ2) is 11.7. The molecular formula is C26H30N4O5S. The topological polar surface area (TPSA) is 109 Å². The van der Waals surface area contributed by atoms with E-state index in [0.717, 1.165) is 5.56 Å². The van der Waals surface area contributed by atoms with Crippen molar-refractivity contribution in [1.29, 1.82) is 0 Å². The van der Waals surface area contributed by atoms with Gasteiger partial charge in [-0.15, -0.1) is 0 Å². The number of ether oxygens (including phenoxy) is 2.